The Morgan fingerprint density at radius 2 is 2.37 bits per heavy atom. The maximum atomic E-state index is 13.5. The van der Waals surface area contributed by atoms with Gasteiger partial charge in [-0.05, 0) is 0 Å². The molecule has 0 saturated heterocycles. The second-order valence-electron chi connectivity index (χ2n) is 3.71. The summed E-state index contributed by atoms with van der Waals surface area (Å²) in [6.45, 7) is 0.769. The summed E-state index contributed by atoms with van der Waals surface area (Å²) in [6.07, 6.45) is 0.983. The molecule has 0 spiro atoms. The second-order valence-corrected chi connectivity index (χ2v) is 3.71. The van der Waals surface area contributed by atoms with Crippen LogP contribution in [0.1, 0.15) is 0 Å². The molecule has 0 aliphatic rings. The minimum Gasteiger partial charge on any atom is -0.383 e. The molecule has 0 aromatic carbocycles. The number of carbonyl (C=O) groups excluding carboxylic acids is 1. The van der Waals surface area contributed by atoms with Gasteiger partial charge in [-0.25, -0.2) is 15.2 Å². The number of rotatable bonds is 7. The summed E-state index contributed by atoms with van der Waals surface area (Å²) < 4.78 is 18.3. The van der Waals surface area contributed by atoms with E-state index in [-0.39, 0.29) is 24.2 Å². The number of hydrogen-bond acceptors (Lipinski definition) is 7. The number of methoxy groups -OCH3 is 1. The number of aromatic nitrogens is 2. The van der Waals surface area contributed by atoms with E-state index in [2.05, 4.69) is 20.7 Å². The Morgan fingerprint density at radius 3 is 3.00 bits per heavy atom. The molecule has 1 aromatic heterocycles. The lowest BCUT2D eigenvalue weighted by atomic mass is 10.4. The van der Waals surface area contributed by atoms with E-state index >= 15 is 0 Å². The molecular formula is C10H17FN6O2. The molecule has 0 saturated carbocycles. The molecule has 0 bridgehead atoms. The molecule has 106 valence electrons. The first-order valence-electron chi connectivity index (χ1n) is 5.54. The third-order valence-electron chi connectivity index (χ3n) is 2.23. The highest BCUT2D eigenvalue weighted by Crippen LogP contribution is 2.14. The molecule has 1 heterocycles. The number of anilines is 2. The van der Waals surface area contributed by atoms with E-state index in [4.69, 9.17) is 10.6 Å². The quantitative estimate of drug-likeness (QED) is 0.335. The normalized spacial score (nSPS) is 10.1. The van der Waals surface area contributed by atoms with Gasteiger partial charge in [-0.2, -0.15) is 4.98 Å². The highest BCUT2D eigenvalue weighted by atomic mass is 19.1. The first-order chi connectivity index (χ1) is 9.08. The fourth-order valence-corrected chi connectivity index (χ4v) is 1.33. The molecule has 4 N–H and O–H groups in total. The van der Waals surface area contributed by atoms with Gasteiger partial charge in [-0.1, -0.05) is 0 Å². The van der Waals surface area contributed by atoms with E-state index < -0.39 is 5.82 Å². The molecule has 19 heavy (non-hydrogen) atoms. The zero-order chi connectivity index (χ0) is 14.3. The van der Waals surface area contributed by atoms with Gasteiger partial charge in [-0.15, -0.1) is 0 Å². The summed E-state index contributed by atoms with van der Waals surface area (Å²) >= 11 is 0. The van der Waals surface area contributed by atoms with Crippen molar-refractivity contribution in [2.24, 2.45) is 5.84 Å². The van der Waals surface area contributed by atoms with Crippen molar-refractivity contribution in [3.63, 3.8) is 0 Å². The summed E-state index contributed by atoms with van der Waals surface area (Å²) in [7, 11) is 3.08. The minimum atomic E-state index is -0.633. The van der Waals surface area contributed by atoms with Gasteiger partial charge >= 0.3 is 0 Å². The summed E-state index contributed by atoms with van der Waals surface area (Å²) in [5.74, 6) is 4.31. The Kier molecular flexibility index (Phi) is 5.90. The minimum absolute atomic E-state index is 0.00941. The van der Waals surface area contributed by atoms with Crippen molar-refractivity contribution in [3.8, 4) is 0 Å². The van der Waals surface area contributed by atoms with Gasteiger partial charge in [0.15, 0.2) is 11.6 Å². The third kappa shape index (κ3) is 4.64. The predicted octanol–water partition coefficient (Wildman–Crippen LogP) is -0.900. The first-order valence-corrected chi connectivity index (χ1v) is 5.54. The molecule has 0 aliphatic carbocycles. The van der Waals surface area contributed by atoms with Crippen molar-refractivity contribution in [1.29, 1.82) is 0 Å². The topological polar surface area (TPSA) is 105 Å². The highest BCUT2D eigenvalue weighted by Gasteiger charge is 2.14. The van der Waals surface area contributed by atoms with Crippen LogP contribution in [0.2, 0.25) is 0 Å². The van der Waals surface area contributed by atoms with Crippen LogP contribution < -0.4 is 21.5 Å². The summed E-state index contributed by atoms with van der Waals surface area (Å²) in [5, 5.41) is 2.62. The number of nitrogens with zero attached hydrogens (tertiary/aromatic N) is 3. The number of halogens is 1. The molecule has 0 aliphatic heterocycles. The zero-order valence-corrected chi connectivity index (χ0v) is 10.8. The average Bonchev–Trinajstić information content (AvgIpc) is 2.39. The monoisotopic (exact) mass is 272 g/mol. The van der Waals surface area contributed by atoms with Crippen molar-refractivity contribution in [1.82, 2.24) is 15.3 Å². The van der Waals surface area contributed by atoms with Gasteiger partial charge in [0.05, 0.1) is 19.3 Å². The smallest absolute Gasteiger partial charge is 0.239 e. The first kappa shape index (κ1) is 15.1. The lowest BCUT2D eigenvalue weighted by molar-refractivity contribution is -0.119. The number of nitrogen functional groups attached to an aromatic ring is 1. The molecule has 0 atom stereocenters. The van der Waals surface area contributed by atoms with E-state index in [9.17, 15) is 9.18 Å². The Balaban J connectivity index is 2.61. The largest absolute Gasteiger partial charge is 0.383 e. The van der Waals surface area contributed by atoms with E-state index in [0.717, 1.165) is 6.20 Å². The third-order valence-corrected chi connectivity index (χ3v) is 2.23. The number of carbonyl (C=O) groups is 1. The van der Waals surface area contributed by atoms with Crippen LogP contribution in [0.15, 0.2) is 6.20 Å². The van der Waals surface area contributed by atoms with Crippen LogP contribution in [-0.4, -0.2) is 49.7 Å². The second kappa shape index (κ2) is 7.44. The van der Waals surface area contributed by atoms with Gasteiger partial charge in [0.25, 0.3) is 0 Å². The maximum absolute atomic E-state index is 13.5. The lowest BCUT2D eigenvalue weighted by Crippen LogP contribution is -2.37. The summed E-state index contributed by atoms with van der Waals surface area (Å²) in [6, 6.07) is 0. The number of hydrazine groups is 1. The van der Waals surface area contributed by atoms with Crippen LogP contribution in [-0.2, 0) is 9.53 Å². The SMILES string of the molecule is COCCNC(=O)CN(C)c1nc(NN)ncc1F. The number of ether oxygens (including phenoxy) is 1. The molecule has 0 unspecified atom stereocenters. The molecule has 1 rings (SSSR count). The standard InChI is InChI=1S/C10H17FN6O2/c1-17(6-8(18)13-3-4-19-2)9-7(11)5-14-10(15-9)16-12/h5H,3-4,6,12H2,1-2H3,(H,13,18)(H,14,15,16). The molecule has 8 nitrogen and oxygen atoms in total. The molecular weight excluding hydrogens is 255 g/mol. The lowest BCUT2D eigenvalue weighted by Gasteiger charge is -2.18. The number of amides is 1. The molecule has 1 amide bonds. The van der Waals surface area contributed by atoms with Gasteiger partial charge in [0, 0.05) is 20.7 Å². The van der Waals surface area contributed by atoms with E-state index in [1.54, 1.807) is 7.05 Å². The molecule has 9 heteroatoms. The number of nitrogens with one attached hydrogen (secondary N) is 2. The van der Waals surface area contributed by atoms with Crippen LogP contribution in [0.4, 0.5) is 16.2 Å². The summed E-state index contributed by atoms with van der Waals surface area (Å²) in [4.78, 5) is 20.4. The van der Waals surface area contributed by atoms with Crippen LogP contribution in [0.25, 0.3) is 0 Å². The van der Waals surface area contributed by atoms with Crippen LogP contribution in [0.5, 0.6) is 0 Å². The Morgan fingerprint density at radius 1 is 1.63 bits per heavy atom. The number of nitrogens with two attached hydrogens (primary N) is 1. The van der Waals surface area contributed by atoms with Gasteiger partial charge in [0.2, 0.25) is 11.9 Å². The van der Waals surface area contributed by atoms with Crippen molar-refractivity contribution in [2.45, 2.75) is 0 Å². The summed E-state index contributed by atoms with van der Waals surface area (Å²) in [5.41, 5.74) is 2.21. The van der Waals surface area contributed by atoms with Crippen molar-refractivity contribution in [2.75, 3.05) is 44.2 Å². The van der Waals surface area contributed by atoms with Gasteiger partial charge in [0.1, 0.15) is 0 Å². The van der Waals surface area contributed by atoms with Crippen molar-refractivity contribution >= 4 is 17.7 Å². The number of hydrogen-bond donors (Lipinski definition) is 3. The van der Waals surface area contributed by atoms with Crippen LogP contribution >= 0.6 is 0 Å². The van der Waals surface area contributed by atoms with E-state index in [1.807, 2.05) is 0 Å². The Labute approximate surface area is 110 Å². The van der Waals surface area contributed by atoms with Gasteiger partial charge in [-0.3, -0.25) is 10.2 Å². The number of likely N-dealkylation sites (N-methyl/N-ethyl adjacent to an activating group) is 1. The van der Waals surface area contributed by atoms with Crippen LogP contribution in [0, 0.1) is 5.82 Å². The fraction of sp³-hybridized carbons (Fsp3) is 0.500. The van der Waals surface area contributed by atoms with Crippen molar-refractivity contribution in [3.05, 3.63) is 12.0 Å². The van der Waals surface area contributed by atoms with Crippen molar-refractivity contribution < 1.29 is 13.9 Å². The average molecular weight is 272 g/mol. The van der Waals surface area contributed by atoms with E-state index in [1.165, 1.54) is 12.0 Å². The zero-order valence-electron chi connectivity index (χ0n) is 10.8. The van der Waals surface area contributed by atoms with Gasteiger partial charge < -0.3 is 15.0 Å². The fourth-order valence-electron chi connectivity index (χ4n) is 1.33. The molecule has 1 aromatic rings. The van der Waals surface area contributed by atoms with Crippen LogP contribution in [0.3, 0.4) is 0 Å². The Hall–Kier alpha value is -2.00. The van der Waals surface area contributed by atoms with E-state index in [0.29, 0.717) is 13.2 Å². The molecule has 0 radical (unpaired) electrons. The molecule has 0 fully saturated rings. The highest BCUT2D eigenvalue weighted by molar-refractivity contribution is 5.80. The maximum Gasteiger partial charge on any atom is 0.239 e. The predicted molar refractivity (Wildman–Crippen MR) is 68.0 cm³/mol. The Bertz CT molecular complexity index is 430.